The molecule has 1 aliphatic rings. The number of hydrogen-bond acceptors (Lipinski definition) is 5. The van der Waals surface area contributed by atoms with Crippen molar-refractivity contribution < 1.29 is 4.52 Å². The molecule has 2 unspecified atom stereocenters. The number of nitrogens with zero attached hydrogens (tertiary/aromatic N) is 4. The molecule has 0 aliphatic heterocycles. The highest BCUT2D eigenvalue weighted by atomic mass is 35.5. The maximum atomic E-state index is 8.73. The van der Waals surface area contributed by atoms with Crippen molar-refractivity contribution in [2.45, 2.75) is 12.3 Å². The van der Waals surface area contributed by atoms with E-state index in [0.717, 1.165) is 6.42 Å². The number of pyridine rings is 1. The van der Waals surface area contributed by atoms with E-state index >= 15 is 0 Å². The number of rotatable bonds is 2. The van der Waals surface area contributed by atoms with E-state index in [1.807, 2.05) is 0 Å². The Morgan fingerprint density at radius 3 is 3.12 bits per heavy atom. The van der Waals surface area contributed by atoms with Crippen molar-refractivity contribution in [2.75, 3.05) is 0 Å². The Bertz CT molecular complexity index is 604. The third kappa shape index (κ3) is 1.77. The lowest BCUT2D eigenvalue weighted by Crippen LogP contribution is -1.87. The summed E-state index contributed by atoms with van der Waals surface area (Å²) >= 11 is 5.98. The normalized spacial score (nSPS) is 22.1. The Morgan fingerprint density at radius 2 is 2.41 bits per heavy atom. The summed E-state index contributed by atoms with van der Waals surface area (Å²) in [5.41, 5.74) is 0.498. The predicted molar refractivity (Wildman–Crippen MR) is 59.0 cm³/mol. The van der Waals surface area contributed by atoms with Gasteiger partial charge in [0.2, 0.25) is 11.7 Å². The van der Waals surface area contributed by atoms with Crippen LogP contribution in [-0.4, -0.2) is 15.1 Å². The van der Waals surface area contributed by atoms with Crippen molar-refractivity contribution in [1.82, 2.24) is 15.1 Å². The Morgan fingerprint density at radius 1 is 1.53 bits per heavy atom. The molecular weight excluding hydrogens is 240 g/mol. The number of hydrogen-bond donors (Lipinski definition) is 0. The van der Waals surface area contributed by atoms with Crippen LogP contribution in [0.1, 0.15) is 18.2 Å². The van der Waals surface area contributed by atoms with E-state index in [1.165, 1.54) is 0 Å². The zero-order valence-corrected chi connectivity index (χ0v) is 9.42. The minimum absolute atomic E-state index is 0.00232. The smallest absolute Gasteiger partial charge is 0.231 e. The maximum Gasteiger partial charge on any atom is 0.231 e. The van der Waals surface area contributed by atoms with Crippen molar-refractivity contribution >= 4 is 11.6 Å². The third-order valence-electron chi connectivity index (χ3n) is 2.69. The Hall–Kier alpha value is -1.93. The molecule has 2 heterocycles. The van der Waals surface area contributed by atoms with Crippen molar-refractivity contribution in [3.05, 3.63) is 29.2 Å². The zero-order valence-electron chi connectivity index (χ0n) is 8.67. The first-order valence-electron chi connectivity index (χ1n) is 5.13. The van der Waals surface area contributed by atoms with Gasteiger partial charge in [0.1, 0.15) is 5.69 Å². The first kappa shape index (κ1) is 10.2. The molecule has 3 rings (SSSR count). The van der Waals surface area contributed by atoms with Gasteiger partial charge in [0.15, 0.2) is 0 Å². The van der Waals surface area contributed by atoms with Gasteiger partial charge in [0.05, 0.1) is 22.9 Å². The van der Waals surface area contributed by atoms with Gasteiger partial charge in [0, 0.05) is 6.20 Å². The lowest BCUT2D eigenvalue weighted by atomic mass is 10.3. The summed E-state index contributed by atoms with van der Waals surface area (Å²) in [6.07, 6.45) is 2.40. The van der Waals surface area contributed by atoms with Crippen molar-refractivity contribution in [3.8, 4) is 17.6 Å². The average molecular weight is 247 g/mol. The highest BCUT2D eigenvalue weighted by Crippen LogP contribution is 2.46. The average Bonchev–Trinajstić information content (AvgIpc) is 2.99. The minimum atomic E-state index is 0.00232. The van der Waals surface area contributed by atoms with Gasteiger partial charge in [-0.2, -0.15) is 10.2 Å². The van der Waals surface area contributed by atoms with Crippen LogP contribution in [0.2, 0.25) is 5.02 Å². The monoisotopic (exact) mass is 246 g/mol. The molecule has 2 aromatic rings. The second kappa shape index (κ2) is 3.82. The van der Waals surface area contributed by atoms with Gasteiger partial charge in [-0.25, -0.2) is 0 Å². The van der Waals surface area contributed by atoms with E-state index in [9.17, 15) is 0 Å². The van der Waals surface area contributed by atoms with Gasteiger partial charge in [-0.1, -0.05) is 16.8 Å². The lowest BCUT2D eigenvalue weighted by molar-refractivity contribution is 0.378. The zero-order chi connectivity index (χ0) is 11.8. The summed E-state index contributed by atoms with van der Waals surface area (Å²) in [7, 11) is 0. The lowest BCUT2D eigenvalue weighted by Gasteiger charge is -1.94. The highest BCUT2D eigenvalue weighted by Gasteiger charge is 2.43. The molecule has 0 N–H and O–H groups in total. The first-order valence-corrected chi connectivity index (χ1v) is 5.51. The largest absolute Gasteiger partial charge is 0.339 e. The second-order valence-electron chi connectivity index (χ2n) is 3.87. The van der Waals surface area contributed by atoms with Crippen LogP contribution in [0.15, 0.2) is 22.9 Å². The molecule has 84 valence electrons. The molecule has 1 saturated carbocycles. The van der Waals surface area contributed by atoms with Crippen LogP contribution in [-0.2, 0) is 0 Å². The van der Waals surface area contributed by atoms with Crippen LogP contribution < -0.4 is 0 Å². The number of aromatic nitrogens is 3. The summed E-state index contributed by atoms with van der Waals surface area (Å²) in [6, 6.07) is 5.63. The molecule has 2 aromatic heterocycles. The van der Waals surface area contributed by atoms with E-state index < -0.39 is 0 Å². The van der Waals surface area contributed by atoms with Gasteiger partial charge < -0.3 is 4.52 Å². The fourth-order valence-corrected chi connectivity index (χ4v) is 1.85. The van der Waals surface area contributed by atoms with E-state index in [1.54, 1.807) is 18.3 Å². The molecule has 0 radical (unpaired) electrons. The summed E-state index contributed by atoms with van der Waals surface area (Å²) in [5, 5.41) is 13.0. The van der Waals surface area contributed by atoms with Crippen molar-refractivity contribution in [3.63, 3.8) is 0 Å². The third-order valence-corrected chi connectivity index (χ3v) is 2.99. The van der Waals surface area contributed by atoms with Crippen LogP contribution in [0.25, 0.3) is 11.5 Å². The van der Waals surface area contributed by atoms with Gasteiger partial charge >= 0.3 is 0 Å². The Balaban J connectivity index is 1.92. The molecule has 1 fully saturated rings. The second-order valence-corrected chi connectivity index (χ2v) is 4.28. The fourth-order valence-electron chi connectivity index (χ4n) is 1.64. The molecule has 6 heteroatoms. The van der Waals surface area contributed by atoms with Crippen LogP contribution in [0, 0.1) is 17.2 Å². The van der Waals surface area contributed by atoms with Gasteiger partial charge in [-0.15, -0.1) is 0 Å². The Labute approximate surface area is 102 Å². The summed E-state index contributed by atoms with van der Waals surface area (Å²) in [4.78, 5) is 8.32. The van der Waals surface area contributed by atoms with E-state index in [2.05, 4.69) is 21.2 Å². The molecular formula is C11H7ClN4O. The van der Waals surface area contributed by atoms with Crippen LogP contribution in [0.3, 0.4) is 0 Å². The van der Waals surface area contributed by atoms with E-state index in [0.29, 0.717) is 22.4 Å². The summed E-state index contributed by atoms with van der Waals surface area (Å²) < 4.78 is 5.12. The molecule has 5 nitrogen and oxygen atoms in total. The van der Waals surface area contributed by atoms with E-state index in [4.69, 9.17) is 21.4 Å². The molecule has 0 amide bonds. The quantitative estimate of drug-likeness (QED) is 0.813. The SMILES string of the molecule is N#CC1CC1c1nc(-c2ncccc2Cl)no1. The number of halogens is 1. The van der Waals surface area contributed by atoms with Crippen LogP contribution in [0.4, 0.5) is 0 Å². The molecule has 1 aliphatic carbocycles. The van der Waals surface area contributed by atoms with Gasteiger partial charge in [-0.3, -0.25) is 4.98 Å². The molecule has 0 saturated heterocycles. The molecule has 2 atom stereocenters. The maximum absolute atomic E-state index is 8.73. The highest BCUT2D eigenvalue weighted by molar-refractivity contribution is 6.32. The van der Waals surface area contributed by atoms with Crippen LogP contribution >= 0.6 is 11.6 Å². The summed E-state index contributed by atoms with van der Waals surface area (Å²) in [5.74, 6) is 0.939. The molecule has 0 bridgehead atoms. The standard InChI is InChI=1S/C11H7ClN4O/c12-8-2-1-3-14-9(8)10-15-11(17-16-10)7-4-6(7)5-13/h1-3,6-7H,4H2. The minimum Gasteiger partial charge on any atom is -0.339 e. The number of nitriles is 1. The molecule has 17 heavy (non-hydrogen) atoms. The Kier molecular flexibility index (Phi) is 2.30. The van der Waals surface area contributed by atoms with Crippen LogP contribution in [0.5, 0.6) is 0 Å². The van der Waals surface area contributed by atoms with Crippen molar-refractivity contribution in [1.29, 1.82) is 5.26 Å². The molecule has 0 spiro atoms. The van der Waals surface area contributed by atoms with Crippen molar-refractivity contribution in [2.24, 2.45) is 5.92 Å². The first-order chi connectivity index (χ1) is 8.29. The molecule has 0 aromatic carbocycles. The van der Waals surface area contributed by atoms with E-state index in [-0.39, 0.29) is 11.8 Å². The van der Waals surface area contributed by atoms with Gasteiger partial charge in [-0.05, 0) is 18.6 Å². The predicted octanol–water partition coefficient (Wildman–Crippen LogP) is 2.41. The summed E-state index contributed by atoms with van der Waals surface area (Å²) in [6.45, 7) is 0. The fraction of sp³-hybridized carbons (Fsp3) is 0.273. The topological polar surface area (TPSA) is 75.6 Å². The van der Waals surface area contributed by atoms with Gasteiger partial charge in [0.25, 0.3) is 0 Å².